The molecule has 0 saturated carbocycles. The Morgan fingerprint density at radius 3 is 2.52 bits per heavy atom. The summed E-state index contributed by atoms with van der Waals surface area (Å²) in [5, 5.41) is 9.30. The Kier molecular flexibility index (Phi) is 4.63. The van der Waals surface area contributed by atoms with Crippen LogP contribution in [0.4, 0.5) is 0 Å². The molecule has 0 radical (unpaired) electrons. The summed E-state index contributed by atoms with van der Waals surface area (Å²) in [4.78, 5) is 11.6. The minimum absolute atomic E-state index is 0.0564. The van der Waals surface area contributed by atoms with Crippen molar-refractivity contribution in [3.63, 3.8) is 0 Å². The number of carboxylic acid groups (broad SMARTS) is 1. The number of carbonyl (C=O) groups is 1. The standard InChI is InChI=1S/C13H10Cl2O4S2/c1-7-8(4-11(20-7)13(16)17)6-21(18,19)12-5-9(14)2-3-10(12)15/h2-5H,6H2,1H3,(H,16,17). The molecule has 2 aromatic rings. The average molecular weight is 365 g/mol. The maximum Gasteiger partial charge on any atom is 0.345 e. The Morgan fingerprint density at radius 1 is 1.29 bits per heavy atom. The minimum Gasteiger partial charge on any atom is -0.477 e. The molecule has 0 saturated heterocycles. The van der Waals surface area contributed by atoms with Crippen LogP contribution in [0.2, 0.25) is 10.0 Å². The van der Waals surface area contributed by atoms with Crippen molar-refractivity contribution in [2.75, 3.05) is 0 Å². The maximum absolute atomic E-state index is 12.4. The number of carboxylic acids is 1. The van der Waals surface area contributed by atoms with Crippen molar-refractivity contribution >= 4 is 50.3 Å². The second-order valence-corrected chi connectivity index (χ2v) is 8.39. The van der Waals surface area contributed by atoms with Gasteiger partial charge in [0, 0.05) is 9.90 Å². The molecule has 2 rings (SSSR count). The summed E-state index contributed by atoms with van der Waals surface area (Å²) < 4.78 is 24.8. The zero-order valence-corrected chi connectivity index (χ0v) is 13.9. The zero-order valence-electron chi connectivity index (χ0n) is 10.8. The maximum atomic E-state index is 12.4. The lowest BCUT2D eigenvalue weighted by Gasteiger charge is -2.07. The third-order valence-corrected chi connectivity index (χ3v) is 6.26. The SMILES string of the molecule is Cc1sc(C(=O)O)cc1CS(=O)(=O)c1cc(Cl)ccc1Cl. The molecule has 0 fully saturated rings. The largest absolute Gasteiger partial charge is 0.477 e. The highest BCUT2D eigenvalue weighted by Gasteiger charge is 2.22. The minimum atomic E-state index is -3.70. The molecular weight excluding hydrogens is 355 g/mol. The van der Waals surface area contributed by atoms with Crippen LogP contribution in [-0.2, 0) is 15.6 Å². The van der Waals surface area contributed by atoms with E-state index in [1.54, 1.807) is 6.92 Å². The van der Waals surface area contributed by atoms with Crippen LogP contribution in [0.3, 0.4) is 0 Å². The van der Waals surface area contributed by atoms with E-state index in [1.165, 1.54) is 24.3 Å². The van der Waals surface area contributed by atoms with E-state index in [2.05, 4.69) is 0 Å². The summed E-state index contributed by atoms with van der Waals surface area (Å²) in [6.07, 6.45) is 0. The van der Waals surface area contributed by atoms with Crippen molar-refractivity contribution in [1.82, 2.24) is 0 Å². The molecule has 4 nitrogen and oxygen atoms in total. The fourth-order valence-electron chi connectivity index (χ4n) is 1.77. The number of sulfone groups is 1. The molecular formula is C13H10Cl2O4S2. The van der Waals surface area contributed by atoms with Gasteiger partial charge in [0.25, 0.3) is 0 Å². The highest BCUT2D eigenvalue weighted by atomic mass is 35.5. The van der Waals surface area contributed by atoms with Gasteiger partial charge in [-0.1, -0.05) is 23.2 Å². The van der Waals surface area contributed by atoms with Gasteiger partial charge in [0.05, 0.1) is 15.7 Å². The molecule has 0 bridgehead atoms. The van der Waals surface area contributed by atoms with Crippen LogP contribution in [0.5, 0.6) is 0 Å². The van der Waals surface area contributed by atoms with E-state index in [9.17, 15) is 13.2 Å². The smallest absolute Gasteiger partial charge is 0.345 e. The van der Waals surface area contributed by atoms with Crippen molar-refractivity contribution in [3.05, 3.63) is 49.6 Å². The van der Waals surface area contributed by atoms with E-state index >= 15 is 0 Å². The van der Waals surface area contributed by atoms with Gasteiger partial charge >= 0.3 is 5.97 Å². The van der Waals surface area contributed by atoms with E-state index in [0.717, 1.165) is 11.3 Å². The molecule has 0 aliphatic rings. The number of halogens is 2. The highest BCUT2D eigenvalue weighted by Crippen LogP contribution is 2.30. The summed E-state index contributed by atoms with van der Waals surface area (Å²) in [5.41, 5.74) is 0.452. The average Bonchev–Trinajstić information content (AvgIpc) is 2.73. The van der Waals surface area contributed by atoms with E-state index < -0.39 is 15.8 Å². The van der Waals surface area contributed by atoms with Gasteiger partial charge < -0.3 is 5.11 Å². The number of thiophene rings is 1. The number of benzene rings is 1. The third-order valence-electron chi connectivity index (χ3n) is 2.81. The Bertz CT molecular complexity index is 810. The van der Waals surface area contributed by atoms with Crippen molar-refractivity contribution in [2.45, 2.75) is 17.6 Å². The first-order chi connectivity index (χ1) is 9.70. The summed E-state index contributed by atoms with van der Waals surface area (Å²) in [7, 11) is -3.70. The van der Waals surface area contributed by atoms with Gasteiger partial charge in [-0.05, 0) is 36.8 Å². The Balaban J connectivity index is 2.42. The first-order valence-electron chi connectivity index (χ1n) is 5.71. The van der Waals surface area contributed by atoms with Gasteiger partial charge in [-0.25, -0.2) is 13.2 Å². The second-order valence-electron chi connectivity index (χ2n) is 4.33. The van der Waals surface area contributed by atoms with Crippen LogP contribution < -0.4 is 0 Å². The molecule has 1 aromatic heterocycles. The highest BCUT2D eigenvalue weighted by molar-refractivity contribution is 7.90. The van der Waals surface area contributed by atoms with E-state index in [0.29, 0.717) is 10.4 Å². The molecule has 1 heterocycles. The van der Waals surface area contributed by atoms with Crippen LogP contribution in [0.1, 0.15) is 20.1 Å². The van der Waals surface area contributed by atoms with Crippen LogP contribution in [-0.4, -0.2) is 19.5 Å². The lowest BCUT2D eigenvalue weighted by Crippen LogP contribution is -2.06. The van der Waals surface area contributed by atoms with Gasteiger partial charge in [0.15, 0.2) is 9.84 Å². The number of hydrogen-bond donors (Lipinski definition) is 1. The lowest BCUT2D eigenvalue weighted by atomic mass is 10.3. The Morgan fingerprint density at radius 2 is 1.95 bits per heavy atom. The fraction of sp³-hybridized carbons (Fsp3) is 0.154. The summed E-state index contributed by atoms with van der Waals surface area (Å²) in [5.74, 6) is -1.39. The zero-order chi connectivity index (χ0) is 15.8. The first-order valence-corrected chi connectivity index (χ1v) is 8.93. The van der Waals surface area contributed by atoms with Crippen LogP contribution >= 0.6 is 34.5 Å². The van der Waals surface area contributed by atoms with E-state index in [1.807, 2.05) is 0 Å². The molecule has 21 heavy (non-hydrogen) atoms. The molecule has 0 spiro atoms. The predicted octanol–water partition coefficient (Wildman–Crippen LogP) is 4.04. The molecule has 0 unspecified atom stereocenters. The number of rotatable bonds is 4. The molecule has 0 atom stereocenters. The molecule has 8 heteroatoms. The monoisotopic (exact) mass is 364 g/mol. The molecule has 0 aliphatic carbocycles. The molecule has 112 valence electrons. The van der Waals surface area contributed by atoms with Gasteiger partial charge in [-0.15, -0.1) is 11.3 Å². The quantitative estimate of drug-likeness (QED) is 0.888. The number of aryl methyl sites for hydroxylation is 1. The lowest BCUT2D eigenvalue weighted by molar-refractivity contribution is 0.0702. The predicted molar refractivity (Wildman–Crippen MR) is 83.4 cm³/mol. The van der Waals surface area contributed by atoms with E-state index in [-0.39, 0.29) is 25.6 Å². The number of aromatic carboxylic acids is 1. The van der Waals surface area contributed by atoms with E-state index in [4.69, 9.17) is 28.3 Å². The molecule has 0 aliphatic heterocycles. The van der Waals surface area contributed by atoms with Gasteiger partial charge in [-0.2, -0.15) is 0 Å². The van der Waals surface area contributed by atoms with Gasteiger partial charge in [0.1, 0.15) is 4.88 Å². The molecule has 1 N–H and O–H groups in total. The summed E-state index contributed by atoms with van der Waals surface area (Å²) in [6.45, 7) is 1.68. The normalized spacial score (nSPS) is 11.6. The van der Waals surface area contributed by atoms with Crippen molar-refractivity contribution < 1.29 is 18.3 Å². The van der Waals surface area contributed by atoms with Crippen LogP contribution in [0.25, 0.3) is 0 Å². The van der Waals surface area contributed by atoms with Gasteiger partial charge in [-0.3, -0.25) is 0 Å². The van der Waals surface area contributed by atoms with Crippen molar-refractivity contribution in [1.29, 1.82) is 0 Å². The van der Waals surface area contributed by atoms with Crippen molar-refractivity contribution in [2.24, 2.45) is 0 Å². The van der Waals surface area contributed by atoms with Crippen LogP contribution in [0, 0.1) is 6.92 Å². The Labute approximate surface area is 135 Å². The summed E-state index contributed by atoms with van der Waals surface area (Å²) in [6, 6.07) is 5.58. The Hall–Kier alpha value is -1.08. The topological polar surface area (TPSA) is 71.4 Å². The molecule has 1 aromatic carbocycles. The first kappa shape index (κ1) is 16.3. The van der Waals surface area contributed by atoms with Gasteiger partial charge in [0.2, 0.25) is 0 Å². The van der Waals surface area contributed by atoms with Crippen LogP contribution in [0.15, 0.2) is 29.2 Å². The fourth-order valence-corrected chi connectivity index (χ4v) is 4.98. The second kappa shape index (κ2) is 5.96. The summed E-state index contributed by atoms with van der Waals surface area (Å²) >= 11 is 12.8. The third kappa shape index (κ3) is 3.58. The molecule has 0 amide bonds. The van der Waals surface area contributed by atoms with Crippen molar-refractivity contribution in [3.8, 4) is 0 Å². The number of hydrogen-bond acceptors (Lipinski definition) is 4.